The smallest absolute Gasteiger partial charge is 0.271 e. The Labute approximate surface area is 200 Å². The standard InChI is InChI=1S/C27H24N4O2S/c1-16(2)18-9-11-20(12-10-18)30-22(32)14-31-15-28-24-23-21(19-7-5-4-6-8-19)13-17(3)29-26(23)34-25(24)27(31)33/h4-13,15-16H,14H2,1-3H3,(H,30,32). The minimum atomic E-state index is -0.277. The first kappa shape index (κ1) is 22.0. The van der Waals surface area contributed by atoms with Crippen LogP contribution in [0.3, 0.4) is 0 Å². The van der Waals surface area contributed by atoms with Crippen molar-refractivity contribution in [2.24, 2.45) is 0 Å². The molecule has 0 bridgehead atoms. The van der Waals surface area contributed by atoms with Crippen LogP contribution in [0.1, 0.15) is 31.0 Å². The summed E-state index contributed by atoms with van der Waals surface area (Å²) in [5, 5.41) is 3.73. The number of anilines is 1. The van der Waals surface area contributed by atoms with Crippen molar-refractivity contribution in [2.75, 3.05) is 5.32 Å². The van der Waals surface area contributed by atoms with Gasteiger partial charge in [0, 0.05) is 16.8 Å². The van der Waals surface area contributed by atoms with E-state index in [0.717, 1.165) is 27.0 Å². The first-order valence-electron chi connectivity index (χ1n) is 11.1. The average molecular weight is 469 g/mol. The summed E-state index contributed by atoms with van der Waals surface area (Å²) in [4.78, 5) is 35.9. The maximum atomic E-state index is 13.3. The maximum absolute atomic E-state index is 13.3. The molecule has 0 atom stereocenters. The topological polar surface area (TPSA) is 76.9 Å². The number of carbonyl (C=O) groups excluding carboxylic acids is 1. The van der Waals surface area contributed by atoms with Crippen molar-refractivity contribution in [1.82, 2.24) is 14.5 Å². The summed E-state index contributed by atoms with van der Waals surface area (Å²) in [6.45, 7) is 6.08. The van der Waals surface area contributed by atoms with Gasteiger partial charge in [0.1, 0.15) is 16.1 Å². The van der Waals surface area contributed by atoms with Crippen LogP contribution in [0, 0.1) is 6.92 Å². The van der Waals surface area contributed by atoms with Gasteiger partial charge < -0.3 is 5.32 Å². The number of rotatable bonds is 5. The van der Waals surface area contributed by atoms with Crippen LogP contribution in [0.2, 0.25) is 0 Å². The van der Waals surface area contributed by atoms with E-state index in [9.17, 15) is 9.59 Å². The van der Waals surface area contributed by atoms with Gasteiger partial charge >= 0.3 is 0 Å². The molecule has 6 nitrogen and oxygen atoms in total. The van der Waals surface area contributed by atoms with Crippen LogP contribution in [0.5, 0.6) is 0 Å². The predicted molar refractivity (Wildman–Crippen MR) is 139 cm³/mol. The molecule has 3 heterocycles. The van der Waals surface area contributed by atoms with Gasteiger partial charge in [0.05, 0.1) is 11.8 Å². The second kappa shape index (κ2) is 8.83. The number of hydrogen-bond acceptors (Lipinski definition) is 5. The van der Waals surface area contributed by atoms with E-state index in [1.165, 1.54) is 27.8 Å². The highest BCUT2D eigenvalue weighted by atomic mass is 32.1. The Morgan fingerprint density at radius 2 is 1.82 bits per heavy atom. The van der Waals surface area contributed by atoms with Crippen LogP contribution in [0.15, 0.2) is 71.8 Å². The second-order valence-electron chi connectivity index (χ2n) is 8.64. The highest BCUT2D eigenvalue weighted by Gasteiger charge is 2.18. The van der Waals surface area contributed by atoms with Crippen molar-refractivity contribution >= 4 is 43.4 Å². The Morgan fingerprint density at radius 1 is 1.09 bits per heavy atom. The summed E-state index contributed by atoms with van der Waals surface area (Å²) in [5.41, 5.74) is 5.21. The summed E-state index contributed by atoms with van der Waals surface area (Å²) in [7, 11) is 0. The molecular weight excluding hydrogens is 444 g/mol. The number of aryl methyl sites for hydroxylation is 1. The molecule has 1 N–H and O–H groups in total. The third kappa shape index (κ3) is 4.10. The number of thiophene rings is 1. The molecule has 1 amide bonds. The van der Waals surface area contributed by atoms with Gasteiger partial charge in [0.15, 0.2) is 0 Å². The largest absolute Gasteiger partial charge is 0.325 e. The molecule has 0 aliphatic rings. The Balaban J connectivity index is 1.49. The third-order valence-electron chi connectivity index (χ3n) is 5.81. The van der Waals surface area contributed by atoms with Crippen molar-refractivity contribution in [3.63, 3.8) is 0 Å². The number of carbonyl (C=O) groups is 1. The van der Waals surface area contributed by atoms with Crippen molar-refractivity contribution in [3.05, 3.63) is 88.6 Å². The number of nitrogens with zero attached hydrogens (tertiary/aromatic N) is 3. The zero-order valence-electron chi connectivity index (χ0n) is 19.2. The normalized spacial score (nSPS) is 11.4. The molecule has 0 aliphatic carbocycles. The summed E-state index contributed by atoms with van der Waals surface area (Å²) < 4.78 is 1.85. The minimum absolute atomic E-state index is 0.111. The van der Waals surface area contributed by atoms with E-state index in [2.05, 4.69) is 29.1 Å². The molecule has 7 heteroatoms. The zero-order valence-corrected chi connectivity index (χ0v) is 20.0. The highest BCUT2D eigenvalue weighted by molar-refractivity contribution is 7.25. The molecule has 0 fully saturated rings. The van der Waals surface area contributed by atoms with Crippen molar-refractivity contribution in [1.29, 1.82) is 0 Å². The SMILES string of the molecule is Cc1cc(-c2ccccc2)c2c(n1)sc1c(=O)n(CC(=O)Nc3ccc(C(C)C)cc3)cnc12. The van der Waals surface area contributed by atoms with E-state index in [1.807, 2.05) is 67.6 Å². The fourth-order valence-corrected chi connectivity index (χ4v) is 5.20. The maximum Gasteiger partial charge on any atom is 0.271 e. The third-order valence-corrected chi connectivity index (χ3v) is 6.87. The fourth-order valence-electron chi connectivity index (χ4n) is 4.05. The van der Waals surface area contributed by atoms with Crippen LogP contribution in [0.4, 0.5) is 5.69 Å². The highest BCUT2D eigenvalue weighted by Crippen LogP contribution is 2.37. The number of amides is 1. The lowest BCUT2D eigenvalue weighted by atomic mass is 10.0. The quantitative estimate of drug-likeness (QED) is 0.357. The van der Waals surface area contributed by atoms with Crippen LogP contribution < -0.4 is 10.9 Å². The molecule has 5 rings (SSSR count). The van der Waals surface area contributed by atoms with Crippen LogP contribution >= 0.6 is 11.3 Å². The van der Waals surface area contributed by atoms with Gasteiger partial charge in [-0.25, -0.2) is 9.97 Å². The van der Waals surface area contributed by atoms with Gasteiger partial charge in [-0.05, 0) is 47.7 Å². The molecule has 2 aromatic carbocycles. The molecule has 0 aliphatic heterocycles. The predicted octanol–water partition coefficient (Wildman–Crippen LogP) is 5.74. The summed E-state index contributed by atoms with van der Waals surface area (Å²) in [5.74, 6) is 0.142. The molecular formula is C27H24N4O2S. The van der Waals surface area contributed by atoms with E-state index in [0.29, 0.717) is 21.8 Å². The average Bonchev–Trinajstić information content (AvgIpc) is 3.20. The van der Waals surface area contributed by atoms with Gasteiger partial charge in [-0.2, -0.15) is 0 Å². The minimum Gasteiger partial charge on any atom is -0.325 e. The Kier molecular flexibility index (Phi) is 5.71. The Morgan fingerprint density at radius 3 is 2.53 bits per heavy atom. The summed E-state index contributed by atoms with van der Waals surface area (Å²) in [6, 6.07) is 19.8. The molecule has 34 heavy (non-hydrogen) atoms. The molecule has 3 aromatic heterocycles. The number of aromatic nitrogens is 3. The summed E-state index contributed by atoms with van der Waals surface area (Å²) >= 11 is 1.32. The van der Waals surface area contributed by atoms with Gasteiger partial charge in [-0.1, -0.05) is 56.3 Å². The molecule has 0 unspecified atom stereocenters. The van der Waals surface area contributed by atoms with E-state index in [-0.39, 0.29) is 18.0 Å². The molecule has 0 saturated heterocycles. The van der Waals surface area contributed by atoms with Gasteiger partial charge in [-0.15, -0.1) is 11.3 Å². The molecule has 5 aromatic rings. The number of benzene rings is 2. The Hall–Kier alpha value is -3.84. The van der Waals surface area contributed by atoms with Gasteiger partial charge in [0.2, 0.25) is 5.91 Å². The monoisotopic (exact) mass is 468 g/mol. The van der Waals surface area contributed by atoms with E-state index in [4.69, 9.17) is 0 Å². The lowest BCUT2D eigenvalue weighted by molar-refractivity contribution is -0.116. The first-order valence-corrected chi connectivity index (χ1v) is 12.0. The van der Waals surface area contributed by atoms with Crippen LogP contribution in [-0.4, -0.2) is 20.4 Å². The number of hydrogen-bond donors (Lipinski definition) is 1. The van der Waals surface area contributed by atoms with Crippen molar-refractivity contribution in [3.8, 4) is 11.1 Å². The molecule has 0 radical (unpaired) electrons. The number of pyridine rings is 1. The Bertz CT molecular complexity index is 1570. The van der Waals surface area contributed by atoms with Crippen LogP contribution in [0.25, 0.3) is 31.6 Å². The molecule has 0 saturated carbocycles. The van der Waals surface area contributed by atoms with Crippen molar-refractivity contribution in [2.45, 2.75) is 33.2 Å². The summed E-state index contributed by atoms with van der Waals surface area (Å²) in [6.07, 6.45) is 1.45. The molecule has 170 valence electrons. The van der Waals surface area contributed by atoms with Crippen LogP contribution in [-0.2, 0) is 11.3 Å². The fraction of sp³-hybridized carbons (Fsp3) is 0.185. The lowest BCUT2D eigenvalue weighted by Gasteiger charge is -2.09. The first-order chi connectivity index (χ1) is 16.4. The van der Waals surface area contributed by atoms with E-state index in [1.54, 1.807) is 0 Å². The number of fused-ring (bicyclic) bond motifs is 3. The number of nitrogens with one attached hydrogen (secondary N) is 1. The van der Waals surface area contributed by atoms with E-state index < -0.39 is 0 Å². The second-order valence-corrected chi connectivity index (χ2v) is 9.64. The zero-order chi connectivity index (χ0) is 23.8. The van der Waals surface area contributed by atoms with Gasteiger partial charge in [-0.3, -0.25) is 14.2 Å². The lowest BCUT2D eigenvalue weighted by Crippen LogP contribution is -2.27. The van der Waals surface area contributed by atoms with Crippen molar-refractivity contribution < 1.29 is 4.79 Å². The van der Waals surface area contributed by atoms with Gasteiger partial charge in [0.25, 0.3) is 5.56 Å². The molecule has 0 spiro atoms. The van der Waals surface area contributed by atoms with E-state index >= 15 is 0 Å².